The molecule has 1 aliphatic rings. The molecule has 1 fully saturated rings. The van der Waals surface area contributed by atoms with Crippen LogP contribution in [0.5, 0.6) is 0 Å². The lowest BCUT2D eigenvalue weighted by molar-refractivity contribution is 0.0392. The van der Waals surface area contributed by atoms with Crippen molar-refractivity contribution in [1.82, 2.24) is 15.3 Å². The molecule has 1 saturated carbocycles. The summed E-state index contributed by atoms with van der Waals surface area (Å²) in [6, 6.07) is 4.95. The van der Waals surface area contributed by atoms with Gasteiger partial charge >= 0.3 is 0 Å². The van der Waals surface area contributed by atoms with Gasteiger partial charge in [0.05, 0.1) is 23.0 Å². The summed E-state index contributed by atoms with van der Waals surface area (Å²) in [7, 11) is 1.68. The van der Waals surface area contributed by atoms with Crippen LogP contribution in [0, 0.1) is 4.77 Å². The second-order valence-corrected chi connectivity index (χ2v) is 6.22. The smallest absolute Gasteiger partial charge is 0.259 e. The predicted octanol–water partition coefficient (Wildman–Crippen LogP) is 2.27. The summed E-state index contributed by atoms with van der Waals surface area (Å²) in [6.07, 6.45) is 4.15. The molecule has 1 amide bonds. The fraction of sp³-hybridized carbons (Fsp3) is 0.438. The molecular formula is C16H19N3O3S. The quantitative estimate of drug-likeness (QED) is 0.752. The van der Waals surface area contributed by atoms with Crippen molar-refractivity contribution in [3.63, 3.8) is 0 Å². The van der Waals surface area contributed by atoms with E-state index in [-0.39, 0.29) is 28.4 Å². The average Bonchev–Trinajstić information content (AvgIpc) is 2.54. The van der Waals surface area contributed by atoms with Crippen molar-refractivity contribution in [3.8, 4) is 0 Å². The lowest BCUT2D eigenvalue weighted by Gasteiger charge is -2.31. The topological polar surface area (TPSA) is 87.0 Å². The molecule has 2 aromatic rings. The van der Waals surface area contributed by atoms with Crippen LogP contribution in [0.4, 0.5) is 0 Å². The molecule has 0 spiro atoms. The number of rotatable bonds is 3. The van der Waals surface area contributed by atoms with Crippen LogP contribution in [-0.4, -0.2) is 35.1 Å². The van der Waals surface area contributed by atoms with E-state index in [1.807, 2.05) is 0 Å². The Hall–Kier alpha value is -1.99. The number of aromatic nitrogens is 2. The minimum absolute atomic E-state index is 0.0228. The van der Waals surface area contributed by atoms with Crippen molar-refractivity contribution in [2.24, 2.45) is 0 Å². The van der Waals surface area contributed by atoms with Crippen LogP contribution in [0.3, 0.4) is 0 Å². The fourth-order valence-corrected chi connectivity index (χ4v) is 3.31. The maximum absolute atomic E-state index is 12.5. The maximum atomic E-state index is 12.5. The molecule has 1 aromatic carbocycles. The van der Waals surface area contributed by atoms with Crippen molar-refractivity contribution in [2.75, 3.05) is 7.11 Å². The first-order valence-corrected chi connectivity index (χ1v) is 8.09. The molecule has 122 valence electrons. The Morgan fingerprint density at radius 1 is 1.30 bits per heavy atom. The third kappa shape index (κ3) is 3.35. The molecule has 7 heteroatoms. The molecule has 1 heterocycles. The van der Waals surface area contributed by atoms with E-state index in [0.29, 0.717) is 16.5 Å². The largest absolute Gasteiger partial charge is 0.379 e. The van der Waals surface area contributed by atoms with E-state index in [1.165, 1.54) is 0 Å². The number of H-pyrrole nitrogens is 2. The Morgan fingerprint density at radius 3 is 2.87 bits per heavy atom. The molecule has 1 aliphatic carbocycles. The van der Waals surface area contributed by atoms with Gasteiger partial charge in [-0.2, -0.15) is 0 Å². The van der Waals surface area contributed by atoms with Crippen molar-refractivity contribution < 1.29 is 9.53 Å². The lowest BCUT2D eigenvalue weighted by Crippen LogP contribution is -2.45. The molecule has 3 N–H and O–H groups in total. The number of carbonyl (C=O) groups excluding carboxylic acids is 1. The monoisotopic (exact) mass is 333 g/mol. The fourth-order valence-electron chi connectivity index (χ4n) is 3.11. The minimum atomic E-state index is -0.262. The van der Waals surface area contributed by atoms with Crippen molar-refractivity contribution >= 4 is 29.0 Å². The van der Waals surface area contributed by atoms with E-state index in [0.717, 1.165) is 25.7 Å². The van der Waals surface area contributed by atoms with Crippen LogP contribution in [0.1, 0.15) is 36.0 Å². The van der Waals surface area contributed by atoms with Crippen LogP contribution in [-0.2, 0) is 4.74 Å². The van der Waals surface area contributed by atoms with Crippen molar-refractivity contribution in [1.29, 1.82) is 0 Å². The molecule has 0 aliphatic heterocycles. The zero-order valence-corrected chi connectivity index (χ0v) is 13.7. The molecule has 6 nitrogen and oxygen atoms in total. The zero-order valence-electron chi connectivity index (χ0n) is 12.8. The van der Waals surface area contributed by atoms with E-state index in [2.05, 4.69) is 15.3 Å². The summed E-state index contributed by atoms with van der Waals surface area (Å²) in [4.78, 5) is 29.7. The second kappa shape index (κ2) is 6.64. The van der Waals surface area contributed by atoms with Crippen molar-refractivity contribution in [3.05, 3.63) is 38.9 Å². The van der Waals surface area contributed by atoms with Gasteiger partial charge < -0.3 is 15.0 Å². The van der Waals surface area contributed by atoms with Crippen LogP contribution in [0.15, 0.2) is 23.0 Å². The highest BCUT2D eigenvalue weighted by Gasteiger charge is 2.26. The summed E-state index contributed by atoms with van der Waals surface area (Å²) in [5.74, 6) is -0.166. The highest BCUT2D eigenvalue weighted by molar-refractivity contribution is 7.71. The number of hydrogen-bond donors (Lipinski definition) is 3. The number of nitrogens with one attached hydrogen (secondary N) is 3. The van der Waals surface area contributed by atoms with Gasteiger partial charge in [0.1, 0.15) is 0 Å². The van der Waals surface area contributed by atoms with Crippen LogP contribution in [0.2, 0.25) is 0 Å². The van der Waals surface area contributed by atoms with Gasteiger partial charge in [-0.1, -0.05) is 12.8 Å². The van der Waals surface area contributed by atoms with Gasteiger partial charge in [-0.15, -0.1) is 0 Å². The predicted molar refractivity (Wildman–Crippen MR) is 90.3 cm³/mol. The standard InChI is InChI=1S/C16H19N3O3S/c1-22-13-5-3-2-4-11(13)17-14(20)9-6-7-10-12(8-9)18-16(23)19-15(10)21/h6-8,11,13H,2-5H2,1H3,(H,17,20)(H2,18,19,21,23)/t11-,13-/m1/s1. The van der Waals surface area contributed by atoms with E-state index >= 15 is 0 Å². The van der Waals surface area contributed by atoms with E-state index in [4.69, 9.17) is 17.0 Å². The molecular weight excluding hydrogens is 314 g/mol. The first-order valence-electron chi connectivity index (χ1n) is 7.68. The minimum Gasteiger partial charge on any atom is -0.379 e. The van der Waals surface area contributed by atoms with Gasteiger partial charge in [0.15, 0.2) is 4.77 Å². The Kier molecular flexibility index (Phi) is 4.58. The summed E-state index contributed by atoms with van der Waals surface area (Å²) in [5, 5.41) is 3.51. The number of methoxy groups -OCH3 is 1. The molecule has 0 radical (unpaired) electrons. The van der Waals surface area contributed by atoms with Crippen molar-refractivity contribution in [2.45, 2.75) is 37.8 Å². The summed E-state index contributed by atoms with van der Waals surface area (Å²) < 4.78 is 5.70. The molecule has 0 unspecified atom stereocenters. The van der Waals surface area contributed by atoms with E-state index < -0.39 is 0 Å². The summed E-state index contributed by atoms with van der Waals surface area (Å²) >= 11 is 4.97. The highest BCUT2D eigenvalue weighted by Crippen LogP contribution is 2.21. The Morgan fingerprint density at radius 2 is 2.09 bits per heavy atom. The number of ether oxygens (including phenoxy) is 1. The molecule has 23 heavy (non-hydrogen) atoms. The number of carbonyl (C=O) groups is 1. The molecule has 1 aromatic heterocycles. The molecule has 2 atom stereocenters. The number of aromatic amines is 2. The van der Waals surface area contributed by atoms with Gasteiger partial charge in [0, 0.05) is 12.7 Å². The van der Waals surface area contributed by atoms with Gasteiger partial charge in [0.25, 0.3) is 11.5 Å². The molecule has 0 bridgehead atoms. The Bertz CT molecular complexity index is 842. The van der Waals surface area contributed by atoms with Crippen LogP contribution in [0.25, 0.3) is 10.9 Å². The first-order chi connectivity index (χ1) is 11.1. The number of amides is 1. The number of benzene rings is 1. The molecule has 3 rings (SSSR count). The third-order valence-electron chi connectivity index (χ3n) is 4.32. The zero-order chi connectivity index (χ0) is 16.4. The number of fused-ring (bicyclic) bond motifs is 1. The highest BCUT2D eigenvalue weighted by atomic mass is 32.1. The van der Waals surface area contributed by atoms with Gasteiger partial charge in [-0.3, -0.25) is 14.6 Å². The molecule has 0 saturated heterocycles. The normalized spacial score (nSPS) is 21.3. The summed E-state index contributed by atoms with van der Waals surface area (Å²) in [6.45, 7) is 0. The average molecular weight is 333 g/mol. The van der Waals surface area contributed by atoms with Gasteiger partial charge in [0.2, 0.25) is 0 Å². The number of hydrogen-bond acceptors (Lipinski definition) is 4. The van der Waals surface area contributed by atoms with Crippen LogP contribution >= 0.6 is 12.2 Å². The lowest BCUT2D eigenvalue weighted by atomic mass is 9.92. The Balaban J connectivity index is 1.86. The third-order valence-corrected chi connectivity index (χ3v) is 4.53. The van der Waals surface area contributed by atoms with Gasteiger partial charge in [-0.05, 0) is 43.3 Å². The first kappa shape index (κ1) is 15.9. The van der Waals surface area contributed by atoms with E-state index in [1.54, 1.807) is 25.3 Å². The van der Waals surface area contributed by atoms with E-state index in [9.17, 15) is 9.59 Å². The van der Waals surface area contributed by atoms with Crippen LogP contribution < -0.4 is 10.9 Å². The Labute approximate surface area is 138 Å². The van der Waals surface area contributed by atoms with Gasteiger partial charge in [-0.25, -0.2) is 0 Å². The SMILES string of the molecule is CO[C@@H]1CCCC[C@H]1NC(=O)c1ccc2c(=O)[nH]c(=S)[nH]c2c1. The maximum Gasteiger partial charge on any atom is 0.259 e. The second-order valence-electron chi connectivity index (χ2n) is 5.81. The summed E-state index contributed by atoms with van der Waals surface area (Å²) in [5.41, 5.74) is 0.787.